The number of hydrogen-bond acceptors (Lipinski definition) is 2. The van der Waals surface area contributed by atoms with Gasteiger partial charge < -0.3 is 10.4 Å². The van der Waals surface area contributed by atoms with Gasteiger partial charge in [-0.05, 0) is 42.3 Å². The molecule has 20 heavy (non-hydrogen) atoms. The van der Waals surface area contributed by atoms with Crippen LogP contribution in [0.2, 0.25) is 5.02 Å². The van der Waals surface area contributed by atoms with Crippen LogP contribution < -0.4 is 5.32 Å². The molecule has 0 aliphatic heterocycles. The first-order valence-electron chi connectivity index (χ1n) is 6.09. The zero-order chi connectivity index (χ0) is 14.7. The summed E-state index contributed by atoms with van der Waals surface area (Å²) in [6.45, 7) is 1.95. The predicted octanol–water partition coefficient (Wildman–Crippen LogP) is 4.00. The predicted molar refractivity (Wildman–Crippen MR) is 76.8 cm³/mol. The number of aromatic hydroxyl groups is 1. The van der Waals surface area contributed by atoms with E-state index >= 15 is 0 Å². The first-order chi connectivity index (χ1) is 9.51. The fourth-order valence-electron chi connectivity index (χ4n) is 1.76. The molecule has 104 valence electrons. The quantitative estimate of drug-likeness (QED) is 0.898. The molecule has 0 spiro atoms. The standard InChI is InChI=1S/C15H13ClFNO2/c1-2-9-3-6-14(19)11(7-9)15(20)18-10-4-5-13(17)12(16)8-10/h3-8,19H,2H2,1H3,(H,18,20). The Kier molecular flexibility index (Phi) is 4.25. The molecule has 2 N–H and O–H groups in total. The van der Waals surface area contributed by atoms with Gasteiger partial charge in [-0.25, -0.2) is 4.39 Å². The normalized spacial score (nSPS) is 10.3. The topological polar surface area (TPSA) is 49.3 Å². The molecule has 1 amide bonds. The molecular formula is C15H13ClFNO2. The zero-order valence-electron chi connectivity index (χ0n) is 10.8. The average molecular weight is 294 g/mol. The van der Waals surface area contributed by atoms with Crippen molar-refractivity contribution in [2.75, 3.05) is 5.32 Å². The Balaban J connectivity index is 2.25. The highest BCUT2D eigenvalue weighted by atomic mass is 35.5. The van der Waals surface area contributed by atoms with Gasteiger partial charge in [-0.15, -0.1) is 0 Å². The second-order valence-electron chi connectivity index (χ2n) is 4.29. The molecule has 2 aromatic carbocycles. The number of halogens is 2. The first-order valence-corrected chi connectivity index (χ1v) is 6.47. The van der Waals surface area contributed by atoms with E-state index in [0.717, 1.165) is 12.0 Å². The van der Waals surface area contributed by atoms with E-state index in [-0.39, 0.29) is 16.3 Å². The second-order valence-corrected chi connectivity index (χ2v) is 4.70. The number of phenols is 1. The van der Waals surface area contributed by atoms with Crippen molar-refractivity contribution in [3.63, 3.8) is 0 Å². The van der Waals surface area contributed by atoms with E-state index in [4.69, 9.17) is 11.6 Å². The Hall–Kier alpha value is -2.07. The van der Waals surface area contributed by atoms with E-state index in [1.54, 1.807) is 12.1 Å². The molecule has 0 fully saturated rings. The number of anilines is 1. The first kappa shape index (κ1) is 14.3. The van der Waals surface area contributed by atoms with E-state index < -0.39 is 11.7 Å². The minimum absolute atomic E-state index is 0.0747. The molecule has 0 unspecified atom stereocenters. The molecule has 0 saturated heterocycles. The van der Waals surface area contributed by atoms with Crippen molar-refractivity contribution in [2.45, 2.75) is 13.3 Å². The molecule has 0 bridgehead atoms. The van der Waals surface area contributed by atoms with Crippen LogP contribution in [-0.2, 0) is 6.42 Å². The third kappa shape index (κ3) is 3.08. The molecule has 0 radical (unpaired) electrons. The highest BCUT2D eigenvalue weighted by Crippen LogP contribution is 2.23. The monoisotopic (exact) mass is 293 g/mol. The lowest BCUT2D eigenvalue weighted by Gasteiger charge is -2.09. The van der Waals surface area contributed by atoms with Gasteiger partial charge in [0, 0.05) is 5.69 Å². The maximum atomic E-state index is 13.0. The van der Waals surface area contributed by atoms with E-state index in [2.05, 4.69) is 5.32 Å². The van der Waals surface area contributed by atoms with Crippen molar-refractivity contribution in [2.24, 2.45) is 0 Å². The Morgan fingerprint density at radius 2 is 2.05 bits per heavy atom. The molecular weight excluding hydrogens is 281 g/mol. The number of aryl methyl sites for hydroxylation is 1. The third-order valence-electron chi connectivity index (χ3n) is 2.89. The largest absolute Gasteiger partial charge is 0.507 e. The van der Waals surface area contributed by atoms with Crippen molar-refractivity contribution in [1.29, 1.82) is 0 Å². The number of benzene rings is 2. The molecule has 0 aliphatic rings. The van der Waals surface area contributed by atoms with Crippen LogP contribution in [0.25, 0.3) is 0 Å². The van der Waals surface area contributed by atoms with Crippen LogP contribution in [0.3, 0.4) is 0 Å². The van der Waals surface area contributed by atoms with Crippen LogP contribution in [0.15, 0.2) is 36.4 Å². The molecule has 2 rings (SSSR count). The smallest absolute Gasteiger partial charge is 0.259 e. The maximum Gasteiger partial charge on any atom is 0.259 e. The molecule has 0 aromatic heterocycles. The maximum absolute atomic E-state index is 13.0. The number of hydrogen-bond donors (Lipinski definition) is 2. The van der Waals surface area contributed by atoms with Crippen LogP contribution in [0.5, 0.6) is 5.75 Å². The van der Waals surface area contributed by atoms with Crippen LogP contribution in [0.1, 0.15) is 22.8 Å². The van der Waals surface area contributed by atoms with Crippen molar-refractivity contribution in [3.05, 3.63) is 58.4 Å². The third-order valence-corrected chi connectivity index (χ3v) is 3.18. The van der Waals surface area contributed by atoms with Crippen LogP contribution in [0.4, 0.5) is 10.1 Å². The van der Waals surface area contributed by atoms with Gasteiger partial charge in [-0.2, -0.15) is 0 Å². The molecule has 0 aliphatic carbocycles. The highest BCUT2D eigenvalue weighted by Gasteiger charge is 2.12. The van der Waals surface area contributed by atoms with Crippen molar-refractivity contribution in [1.82, 2.24) is 0 Å². The molecule has 5 heteroatoms. The van der Waals surface area contributed by atoms with Gasteiger partial charge in [-0.3, -0.25) is 4.79 Å². The number of nitrogens with one attached hydrogen (secondary N) is 1. The van der Waals surface area contributed by atoms with Crippen molar-refractivity contribution < 1.29 is 14.3 Å². The van der Waals surface area contributed by atoms with E-state index in [1.165, 1.54) is 24.3 Å². The van der Waals surface area contributed by atoms with Gasteiger partial charge in [0.1, 0.15) is 11.6 Å². The number of carbonyl (C=O) groups is 1. The van der Waals surface area contributed by atoms with Crippen LogP contribution in [-0.4, -0.2) is 11.0 Å². The summed E-state index contributed by atoms with van der Waals surface area (Å²) in [5, 5.41) is 12.2. The van der Waals surface area contributed by atoms with Gasteiger partial charge in [0.05, 0.1) is 10.6 Å². The van der Waals surface area contributed by atoms with Gasteiger partial charge in [0.25, 0.3) is 5.91 Å². The number of amides is 1. The summed E-state index contributed by atoms with van der Waals surface area (Å²) in [5.41, 5.74) is 1.47. The Bertz CT molecular complexity index is 658. The summed E-state index contributed by atoms with van der Waals surface area (Å²) in [7, 11) is 0. The fraction of sp³-hybridized carbons (Fsp3) is 0.133. The van der Waals surface area contributed by atoms with Gasteiger partial charge in [-0.1, -0.05) is 24.6 Å². The van der Waals surface area contributed by atoms with E-state index in [9.17, 15) is 14.3 Å². The van der Waals surface area contributed by atoms with Crippen molar-refractivity contribution in [3.8, 4) is 5.75 Å². The Morgan fingerprint density at radius 3 is 2.70 bits per heavy atom. The summed E-state index contributed by atoms with van der Waals surface area (Å²) in [4.78, 5) is 12.1. The molecule has 2 aromatic rings. The molecule has 0 saturated carbocycles. The van der Waals surface area contributed by atoms with E-state index in [1.807, 2.05) is 6.92 Å². The minimum atomic E-state index is -0.555. The van der Waals surface area contributed by atoms with Crippen LogP contribution >= 0.6 is 11.6 Å². The zero-order valence-corrected chi connectivity index (χ0v) is 11.5. The summed E-state index contributed by atoms with van der Waals surface area (Å²) >= 11 is 5.65. The summed E-state index contributed by atoms with van der Waals surface area (Å²) < 4.78 is 13.0. The fourth-order valence-corrected chi connectivity index (χ4v) is 1.94. The van der Waals surface area contributed by atoms with E-state index in [0.29, 0.717) is 5.69 Å². The highest BCUT2D eigenvalue weighted by molar-refractivity contribution is 6.31. The summed E-state index contributed by atoms with van der Waals surface area (Å²) in [5.74, 6) is -1.13. The number of phenolic OH excluding ortho intramolecular Hbond substituents is 1. The Morgan fingerprint density at radius 1 is 1.30 bits per heavy atom. The van der Waals surface area contributed by atoms with Gasteiger partial charge in [0.15, 0.2) is 0 Å². The molecule has 0 atom stereocenters. The van der Waals surface area contributed by atoms with Gasteiger partial charge >= 0.3 is 0 Å². The lowest BCUT2D eigenvalue weighted by Crippen LogP contribution is -2.12. The summed E-state index contributed by atoms with van der Waals surface area (Å²) in [6, 6.07) is 8.73. The SMILES string of the molecule is CCc1ccc(O)c(C(=O)Nc2ccc(F)c(Cl)c2)c1. The molecule has 0 heterocycles. The molecule has 3 nitrogen and oxygen atoms in total. The van der Waals surface area contributed by atoms with Gasteiger partial charge in [0.2, 0.25) is 0 Å². The Labute approximate surface area is 121 Å². The number of carbonyl (C=O) groups excluding carboxylic acids is 1. The number of rotatable bonds is 3. The average Bonchev–Trinajstić information content (AvgIpc) is 2.43. The summed E-state index contributed by atoms with van der Waals surface area (Å²) in [6.07, 6.45) is 0.753. The van der Waals surface area contributed by atoms with Crippen LogP contribution in [0, 0.1) is 5.82 Å². The lowest BCUT2D eigenvalue weighted by molar-refractivity contribution is 0.102. The minimum Gasteiger partial charge on any atom is -0.507 e. The second kappa shape index (κ2) is 5.92. The lowest BCUT2D eigenvalue weighted by atomic mass is 10.1. The van der Waals surface area contributed by atoms with Crippen molar-refractivity contribution >= 4 is 23.2 Å².